The summed E-state index contributed by atoms with van der Waals surface area (Å²) in [5.41, 5.74) is 3.29. The predicted molar refractivity (Wildman–Crippen MR) is 92.7 cm³/mol. The van der Waals surface area contributed by atoms with E-state index in [9.17, 15) is 9.59 Å². The van der Waals surface area contributed by atoms with E-state index in [2.05, 4.69) is 29.4 Å². The Balaban J connectivity index is 1.69. The Morgan fingerprint density at radius 1 is 1.26 bits per heavy atom. The summed E-state index contributed by atoms with van der Waals surface area (Å²) in [5.74, 6) is 0.0583. The first-order valence-electron chi connectivity index (χ1n) is 7.88. The van der Waals surface area contributed by atoms with Gasteiger partial charge in [0.05, 0.1) is 10.2 Å². The molecule has 0 bridgehead atoms. The van der Waals surface area contributed by atoms with Crippen LogP contribution >= 0.6 is 11.3 Å². The van der Waals surface area contributed by atoms with Crippen molar-refractivity contribution in [2.24, 2.45) is 5.92 Å². The van der Waals surface area contributed by atoms with E-state index >= 15 is 0 Å². The summed E-state index contributed by atoms with van der Waals surface area (Å²) in [4.78, 5) is 30.1. The van der Waals surface area contributed by atoms with Crippen molar-refractivity contribution in [3.63, 3.8) is 0 Å². The molecule has 0 radical (unpaired) electrons. The monoisotopic (exact) mass is 331 g/mol. The van der Waals surface area contributed by atoms with E-state index < -0.39 is 0 Å². The second-order valence-corrected chi connectivity index (χ2v) is 7.25. The number of fused-ring (bicyclic) bond motifs is 1. The lowest BCUT2D eigenvalue weighted by atomic mass is 9.96. The molecule has 23 heavy (non-hydrogen) atoms. The number of thiazole rings is 1. The van der Waals surface area contributed by atoms with Crippen molar-refractivity contribution in [3.05, 3.63) is 23.3 Å². The molecule has 1 aliphatic rings. The molecule has 1 aliphatic heterocycles. The van der Waals surface area contributed by atoms with Gasteiger partial charge in [-0.3, -0.25) is 9.59 Å². The molecule has 2 aromatic rings. The third-order valence-corrected chi connectivity index (χ3v) is 5.29. The molecule has 2 amide bonds. The van der Waals surface area contributed by atoms with Gasteiger partial charge in [0.1, 0.15) is 0 Å². The number of aromatic nitrogens is 1. The van der Waals surface area contributed by atoms with Crippen molar-refractivity contribution in [1.82, 2.24) is 9.88 Å². The Morgan fingerprint density at radius 2 is 1.96 bits per heavy atom. The zero-order valence-electron chi connectivity index (χ0n) is 13.7. The summed E-state index contributed by atoms with van der Waals surface area (Å²) in [6, 6.07) is 4.20. The number of piperidine rings is 1. The molecule has 1 aromatic carbocycles. The zero-order valence-corrected chi connectivity index (χ0v) is 14.5. The van der Waals surface area contributed by atoms with Crippen LogP contribution in [0.25, 0.3) is 10.2 Å². The molecule has 3 rings (SSSR count). The number of nitrogens with zero attached hydrogens (tertiary/aromatic N) is 2. The van der Waals surface area contributed by atoms with Gasteiger partial charge in [-0.25, -0.2) is 4.98 Å². The number of carbonyl (C=O) groups excluding carboxylic acids is 2. The van der Waals surface area contributed by atoms with Crippen LogP contribution in [0.4, 0.5) is 5.13 Å². The van der Waals surface area contributed by atoms with Crippen molar-refractivity contribution < 1.29 is 9.59 Å². The van der Waals surface area contributed by atoms with Gasteiger partial charge in [0.25, 0.3) is 0 Å². The van der Waals surface area contributed by atoms with Gasteiger partial charge in [-0.2, -0.15) is 0 Å². The first kappa shape index (κ1) is 15.9. The van der Waals surface area contributed by atoms with E-state index in [0.29, 0.717) is 31.1 Å². The minimum Gasteiger partial charge on any atom is -0.343 e. The maximum Gasteiger partial charge on any atom is 0.229 e. The Labute approximate surface area is 139 Å². The fraction of sp³-hybridized carbons (Fsp3) is 0.471. The lowest BCUT2D eigenvalue weighted by Gasteiger charge is -2.30. The van der Waals surface area contributed by atoms with Crippen LogP contribution in [0.1, 0.15) is 30.9 Å². The molecule has 122 valence electrons. The highest BCUT2D eigenvalue weighted by Gasteiger charge is 2.26. The molecule has 0 spiro atoms. The van der Waals surface area contributed by atoms with E-state index in [0.717, 1.165) is 15.8 Å². The van der Waals surface area contributed by atoms with E-state index in [-0.39, 0.29) is 17.7 Å². The lowest BCUT2D eigenvalue weighted by Crippen LogP contribution is -2.40. The maximum atomic E-state index is 12.4. The van der Waals surface area contributed by atoms with E-state index in [4.69, 9.17) is 0 Å². The smallest absolute Gasteiger partial charge is 0.229 e. The van der Waals surface area contributed by atoms with Gasteiger partial charge in [-0.15, -0.1) is 0 Å². The van der Waals surface area contributed by atoms with Crippen molar-refractivity contribution >= 4 is 38.5 Å². The second-order valence-electron chi connectivity index (χ2n) is 6.22. The van der Waals surface area contributed by atoms with Crippen LogP contribution in [-0.2, 0) is 9.59 Å². The normalized spacial score (nSPS) is 15.9. The third-order valence-electron chi connectivity index (χ3n) is 4.37. The summed E-state index contributed by atoms with van der Waals surface area (Å²) < 4.78 is 1.10. The minimum absolute atomic E-state index is 0.0154. The standard InChI is InChI=1S/C17H21N3O2S/c1-10-8-11(2)15-14(9-10)23-17(18-15)19-16(22)13-4-6-20(7-5-13)12(3)21/h8-9,13H,4-7H2,1-3H3,(H,18,19,22). The highest BCUT2D eigenvalue weighted by Crippen LogP contribution is 2.30. The topological polar surface area (TPSA) is 62.3 Å². The lowest BCUT2D eigenvalue weighted by molar-refractivity contribution is -0.132. The van der Waals surface area contributed by atoms with E-state index in [1.54, 1.807) is 11.8 Å². The first-order valence-corrected chi connectivity index (χ1v) is 8.70. The number of benzene rings is 1. The summed E-state index contributed by atoms with van der Waals surface area (Å²) in [6.45, 7) is 6.99. The third kappa shape index (κ3) is 3.37. The number of nitrogens with one attached hydrogen (secondary N) is 1. The van der Waals surface area contributed by atoms with E-state index in [1.807, 2.05) is 6.92 Å². The molecule has 0 atom stereocenters. The van der Waals surface area contributed by atoms with Crippen LogP contribution in [0.15, 0.2) is 12.1 Å². The molecular weight excluding hydrogens is 310 g/mol. The molecule has 1 saturated heterocycles. The fourth-order valence-corrected chi connectivity index (χ4v) is 4.13. The van der Waals surface area contributed by atoms with Gasteiger partial charge >= 0.3 is 0 Å². The SMILES string of the molecule is CC(=O)N1CCC(C(=O)Nc2nc3c(C)cc(C)cc3s2)CC1. The molecule has 6 heteroatoms. The number of hydrogen-bond acceptors (Lipinski definition) is 4. The number of likely N-dealkylation sites (tertiary alicyclic amines) is 1. The van der Waals surface area contributed by atoms with Crippen molar-refractivity contribution in [3.8, 4) is 0 Å². The molecule has 0 aliphatic carbocycles. The fourth-order valence-electron chi connectivity index (χ4n) is 3.09. The molecule has 2 heterocycles. The number of amides is 2. The quantitative estimate of drug-likeness (QED) is 0.920. The van der Waals surface area contributed by atoms with Gasteiger partial charge < -0.3 is 10.2 Å². The van der Waals surface area contributed by atoms with Crippen LogP contribution < -0.4 is 5.32 Å². The predicted octanol–water partition coefficient (Wildman–Crippen LogP) is 3.11. The average molecular weight is 331 g/mol. The minimum atomic E-state index is -0.0413. The average Bonchev–Trinajstić information content (AvgIpc) is 2.90. The highest BCUT2D eigenvalue weighted by atomic mass is 32.1. The van der Waals surface area contributed by atoms with Crippen LogP contribution in [-0.4, -0.2) is 34.8 Å². The summed E-state index contributed by atoms with van der Waals surface area (Å²) in [6.07, 6.45) is 1.43. The van der Waals surface area contributed by atoms with Gasteiger partial charge in [0.2, 0.25) is 11.8 Å². The number of aryl methyl sites for hydroxylation is 2. The Kier molecular flexibility index (Phi) is 4.35. The number of hydrogen-bond donors (Lipinski definition) is 1. The molecule has 5 nitrogen and oxygen atoms in total. The molecule has 1 aromatic heterocycles. The number of carbonyl (C=O) groups is 2. The summed E-state index contributed by atoms with van der Waals surface area (Å²) >= 11 is 1.52. The van der Waals surface area contributed by atoms with Gasteiger partial charge in [-0.05, 0) is 43.9 Å². The molecular formula is C17H21N3O2S. The van der Waals surface area contributed by atoms with Gasteiger partial charge in [0, 0.05) is 25.9 Å². The summed E-state index contributed by atoms with van der Waals surface area (Å²) in [5, 5.41) is 3.62. The molecule has 1 N–H and O–H groups in total. The first-order chi connectivity index (χ1) is 10.9. The van der Waals surface area contributed by atoms with Gasteiger partial charge in [0.15, 0.2) is 5.13 Å². The van der Waals surface area contributed by atoms with E-state index in [1.165, 1.54) is 16.9 Å². The van der Waals surface area contributed by atoms with Crippen LogP contribution in [0, 0.1) is 19.8 Å². The zero-order chi connectivity index (χ0) is 16.6. The molecule has 1 fully saturated rings. The Morgan fingerprint density at radius 3 is 2.61 bits per heavy atom. The van der Waals surface area contributed by atoms with Crippen LogP contribution in [0.3, 0.4) is 0 Å². The van der Waals surface area contributed by atoms with Crippen molar-refractivity contribution in [2.45, 2.75) is 33.6 Å². The van der Waals surface area contributed by atoms with Crippen molar-refractivity contribution in [2.75, 3.05) is 18.4 Å². The summed E-state index contributed by atoms with van der Waals surface area (Å²) in [7, 11) is 0. The maximum absolute atomic E-state index is 12.4. The largest absolute Gasteiger partial charge is 0.343 e. The Hall–Kier alpha value is -1.95. The second kappa shape index (κ2) is 6.28. The Bertz CT molecular complexity index is 761. The van der Waals surface area contributed by atoms with Crippen LogP contribution in [0.5, 0.6) is 0 Å². The number of rotatable bonds is 2. The van der Waals surface area contributed by atoms with Crippen LogP contribution in [0.2, 0.25) is 0 Å². The highest BCUT2D eigenvalue weighted by molar-refractivity contribution is 7.22. The number of anilines is 1. The molecule has 0 unspecified atom stereocenters. The van der Waals surface area contributed by atoms with Gasteiger partial charge in [-0.1, -0.05) is 17.4 Å². The molecule has 0 saturated carbocycles. The van der Waals surface area contributed by atoms with Crippen molar-refractivity contribution in [1.29, 1.82) is 0 Å².